The predicted molar refractivity (Wildman–Crippen MR) is 74.8 cm³/mol. The topological polar surface area (TPSA) is 37.3 Å². The number of aliphatic hydroxyl groups is 1. The second-order valence-corrected chi connectivity index (χ2v) is 5.36. The number of aliphatic hydroxyl groups excluding tert-OH is 1. The van der Waals surface area contributed by atoms with Gasteiger partial charge in [-0.3, -0.25) is 4.79 Å². The van der Waals surface area contributed by atoms with Gasteiger partial charge < -0.3 is 9.59 Å². The van der Waals surface area contributed by atoms with Crippen LogP contribution in [0, 0.1) is 0 Å². The monoisotopic (exact) mass is 336 g/mol. The van der Waals surface area contributed by atoms with Gasteiger partial charge in [0.15, 0.2) is 0 Å². The zero-order chi connectivity index (χ0) is 12.6. The maximum atomic E-state index is 10.6. The fraction of sp³-hybridized carbons (Fsp3) is 0.417. The van der Waals surface area contributed by atoms with Crippen molar-refractivity contribution in [3.8, 4) is 0 Å². The molecule has 0 fully saturated rings. The van der Waals surface area contributed by atoms with Crippen molar-refractivity contribution < 1.29 is 14.4 Å². The van der Waals surface area contributed by atoms with Crippen molar-refractivity contribution in [3.05, 3.63) is 35.9 Å². The summed E-state index contributed by atoms with van der Waals surface area (Å²) in [7, 11) is 6.16. The van der Waals surface area contributed by atoms with E-state index in [1.54, 1.807) is 34.7 Å². The lowest BCUT2D eigenvalue weighted by molar-refractivity contribution is -0.870. The fourth-order valence-electron chi connectivity index (χ4n) is 0.869. The van der Waals surface area contributed by atoms with E-state index in [-0.39, 0.29) is 10.4 Å². The molecule has 0 saturated heterocycles. The minimum absolute atomic E-state index is 0.0909. The van der Waals surface area contributed by atoms with E-state index in [1.807, 2.05) is 18.2 Å². The Balaban J connectivity index is 0.000000293. The first-order chi connectivity index (χ1) is 7.37. The van der Waals surface area contributed by atoms with Crippen molar-refractivity contribution in [1.82, 2.24) is 0 Å². The molecule has 1 aromatic rings. The fourth-order valence-corrected chi connectivity index (χ4v) is 1.23. The van der Waals surface area contributed by atoms with Crippen LogP contribution in [0.2, 0.25) is 0 Å². The van der Waals surface area contributed by atoms with Gasteiger partial charge in [-0.25, -0.2) is 0 Å². The van der Waals surface area contributed by atoms with Crippen molar-refractivity contribution in [1.29, 1.82) is 0 Å². The molecule has 0 aromatic heterocycles. The van der Waals surface area contributed by atoms with E-state index in [2.05, 4.69) is 21.1 Å². The SMILES string of the molecule is C[N+](C)(C)CCO.O=C(I)c1ccccc1. The number of quaternary nitrogens is 1. The number of carbonyl (C=O) groups is 1. The second kappa shape index (κ2) is 7.76. The molecule has 16 heavy (non-hydrogen) atoms. The highest BCUT2D eigenvalue weighted by molar-refractivity contribution is 14.1. The third kappa shape index (κ3) is 8.82. The van der Waals surface area contributed by atoms with Crippen molar-refractivity contribution in [2.75, 3.05) is 34.3 Å². The third-order valence-electron chi connectivity index (χ3n) is 1.77. The first-order valence-electron chi connectivity index (χ1n) is 5.03. The van der Waals surface area contributed by atoms with Crippen molar-refractivity contribution in [2.45, 2.75) is 0 Å². The Morgan fingerprint density at radius 1 is 1.25 bits per heavy atom. The molecule has 0 aliphatic heterocycles. The molecule has 1 aromatic carbocycles. The molecule has 0 bridgehead atoms. The summed E-state index contributed by atoms with van der Waals surface area (Å²) < 4.78 is 0.935. The van der Waals surface area contributed by atoms with E-state index in [9.17, 15) is 4.79 Å². The number of halogens is 1. The lowest BCUT2D eigenvalue weighted by Gasteiger charge is -2.21. The van der Waals surface area contributed by atoms with Gasteiger partial charge in [0, 0.05) is 28.2 Å². The molecule has 0 radical (unpaired) electrons. The van der Waals surface area contributed by atoms with Crippen molar-refractivity contribution in [2.24, 2.45) is 0 Å². The van der Waals surface area contributed by atoms with Crippen LogP contribution in [-0.4, -0.2) is 47.7 Å². The van der Waals surface area contributed by atoms with Gasteiger partial charge in [-0.05, 0) is 0 Å². The summed E-state index contributed by atoms with van der Waals surface area (Å²) in [6, 6.07) is 9.20. The zero-order valence-corrected chi connectivity index (χ0v) is 12.1. The summed E-state index contributed by atoms with van der Waals surface area (Å²) in [6.07, 6.45) is 0. The van der Waals surface area contributed by atoms with E-state index in [0.29, 0.717) is 0 Å². The van der Waals surface area contributed by atoms with Crippen LogP contribution in [0.5, 0.6) is 0 Å². The number of benzene rings is 1. The van der Waals surface area contributed by atoms with Gasteiger partial charge in [0.05, 0.1) is 27.7 Å². The molecule has 0 spiro atoms. The average molecular weight is 336 g/mol. The molecule has 1 rings (SSSR count). The molecule has 90 valence electrons. The van der Waals surface area contributed by atoms with Crippen LogP contribution in [0.15, 0.2) is 30.3 Å². The van der Waals surface area contributed by atoms with Crippen molar-refractivity contribution in [3.63, 3.8) is 0 Å². The van der Waals surface area contributed by atoms with Gasteiger partial charge in [-0.2, -0.15) is 0 Å². The molecule has 0 unspecified atom stereocenters. The molecule has 1 N–H and O–H groups in total. The molecule has 0 amide bonds. The molecular formula is C12H19INO2+. The molecule has 4 heteroatoms. The lowest BCUT2D eigenvalue weighted by Crippen LogP contribution is -2.36. The van der Waals surface area contributed by atoms with Crippen LogP contribution in [0.4, 0.5) is 0 Å². The molecule has 0 aliphatic carbocycles. The van der Waals surface area contributed by atoms with E-state index < -0.39 is 0 Å². The summed E-state index contributed by atoms with van der Waals surface area (Å²) >= 11 is 1.77. The largest absolute Gasteiger partial charge is 0.391 e. The summed E-state index contributed by atoms with van der Waals surface area (Å²) in [5.41, 5.74) is 0.762. The Labute approximate surface area is 111 Å². The second-order valence-electron chi connectivity index (χ2n) is 4.38. The third-order valence-corrected chi connectivity index (χ3v) is 2.39. The lowest BCUT2D eigenvalue weighted by atomic mass is 10.2. The maximum Gasteiger partial charge on any atom is 0.222 e. The Hall–Kier alpha value is -0.460. The van der Waals surface area contributed by atoms with Gasteiger partial charge >= 0.3 is 0 Å². The minimum atomic E-state index is 0.0909. The highest BCUT2D eigenvalue weighted by Crippen LogP contribution is 2.03. The van der Waals surface area contributed by atoms with Crippen LogP contribution in [0.1, 0.15) is 10.4 Å². The number of likely N-dealkylation sites (N-methyl/N-ethyl adjacent to an activating group) is 1. The molecule has 0 aliphatic rings. The number of nitrogens with zero attached hydrogens (tertiary/aromatic N) is 1. The standard InChI is InChI=1S/C7H5IO.C5H14NO/c8-7(9)6-4-2-1-3-5-6;1-6(2,3)4-5-7/h1-5H;7H,4-5H2,1-3H3/q;+1. The van der Waals surface area contributed by atoms with Crippen LogP contribution in [0.3, 0.4) is 0 Å². The highest BCUT2D eigenvalue weighted by atomic mass is 127. The summed E-state index contributed by atoms with van der Waals surface area (Å²) in [5, 5.41) is 8.39. The first-order valence-corrected chi connectivity index (χ1v) is 6.11. The number of hydrogen-bond acceptors (Lipinski definition) is 2. The summed E-state index contributed by atoms with van der Waals surface area (Å²) in [4.78, 5) is 10.6. The molecule has 0 saturated carbocycles. The number of hydrogen-bond donors (Lipinski definition) is 1. The molecule has 0 heterocycles. The Bertz CT molecular complexity index is 307. The maximum absolute atomic E-state index is 10.6. The van der Waals surface area contributed by atoms with E-state index in [4.69, 9.17) is 5.11 Å². The first kappa shape index (κ1) is 15.5. The molecular weight excluding hydrogens is 317 g/mol. The zero-order valence-electron chi connectivity index (χ0n) is 9.98. The van der Waals surface area contributed by atoms with Crippen LogP contribution < -0.4 is 0 Å². The highest BCUT2D eigenvalue weighted by Gasteiger charge is 2.02. The van der Waals surface area contributed by atoms with Crippen LogP contribution in [-0.2, 0) is 0 Å². The van der Waals surface area contributed by atoms with E-state index >= 15 is 0 Å². The quantitative estimate of drug-likeness (QED) is 0.520. The van der Waals surface area contributed by atoms with Gasteiger partial charge in [0.1, 0.15) is 6.54 Å². The number of rotatable bonds is 3. The van der Waals surface area contributed by atoms with Gasteiger partial charge in [0.2, 0.25) is 3.79 Å². The molecule has 3 nitrogen and oxygen atoms in total. The van der Waals surface area contributed by atoms with Crippen molar-refractivity contribution >= 4 is 26.4 Å². The Kier molecular flexibility index (Phi) is 7.53. The molecule has 0 atom stereocenters. The van der Waals surface area contributed by atoms with Gasteiger partial charge in [-0.15, -0.1) is 0 Å². The average Bonchev–Trinajstić information content (AvgIpc) is 2.18. The van der Waals surface area contributed by atoms with Crippen LogP contribution in [0.25, 0.3) is 0 Å². The Morgan fingerprint density at radius 3 is 1.94 bits per heavy atom. The minimum Gasteiger partial charge on any atom is -0.391 e. The summed E-state index contributed by atoms with van der Waals surface area (Å²) in [6.45, 7) is 1.11. The predicted octanol–water partition coefficient (Wildman–Crippen LogP) is 1.95. The smallest absolute Gasteiger partial charge is 0.222 e. The normalized spacial score (nSPS) is 10.3. The van der Waals surface area contributed by atoms with E-state index in [1.165, 1.54) is 0 Å². The summed E-state index contributed by atoms with van der Waals surface area (Å²) in [5.74, 6) is 0. The Morgan fingerprint density at radius 2 is 1.75 bits per heavy atom. The van der Waals surface area contributed by atoms with Gasteiger partial charge in [0.25, 0.3) is 0 Å². The van der Waals surface area contributed by atoms with Gasteiger partial charge in [-0.1, -0.05) is 30.3 Å². The van der Waals surface area contributed by atoms with Crippen LogP contribution >= 0.6 is 22.6 Å². The van der Waals surface area contributed by atoms with E-state index in [0.717, 1.165) is 16.6 Å². The number of carbonyl (C=O) groups excluding carboxylic acids is 1.